The first-order valence-corrected chi connectivity index (χ1v) is 7.83. The van der Waals surface area contributed by atoms with Crippen LogP contribution in [0.5, 0.6) is 0 Å². The zero-order valence-electron chi connectivity index (χ0n) is 11.8. The van der Waals surface area contributed by atoms with Gasteiger partial charge in [0, 0.05) is 12.1 Å². The molecule has 1 fully saturated rings. The van der Waals surface area contributed by atoms with Crippen molar-refractivity contribution in [2.45, 2.75) is 50.5 Å². The number of aryl methyl sites for hydroxylation is 1. The van der Waals surface area contributed by atoms with Crippen molar-refractivity contribution >= 4 is 0 Å². The maximum absolute atomic E-state index is 6.10. The van der Waals surface area contributed by atoms with Crippen LogP contribution in [-0.4, -0.2) is 18.6 Å². The van der Waals surface area contributed by atoms with E-state index in [2.05, 4.69) is 29.6 Å². The van der Waals surface area contributed by atoms with Crippen molar-refractivity contribution in [2.75, 3.05) is 13.1 Å². The molecule has 0 radical (unpaired) electrons. The zero-order valence-corrected chi connectivity index (χ0v) is 11.8. The lowest BCUT2D eigenvalue weighted by atomic mass is 9.77. The lowest BCUT2D eigenvalue weighted by Gasteiger charge is -2.39. The van der Waals surface area contributed by atoms with Gasteiger partial charge in [0.15, 0.2) is 0 Å². The zero-order chi connectivity index (χ0) is 13.1. The summed E-state index contributed by atoms with van der Waals surface area (Å²) in [5.74, 6) is 0.984. The minimum absolute atomic E-state index is 0.151. The van der Waals surface area contributed by atoms with Gasteiger partial charge in [-0.3, -0.25) is 0 Å². The van der Waals surface area contributed by atoms with Crippen LogP contribution in [-0.2, 0) is 12.8 Å². The van der Waals surface area contributed by atoms with Crippen molar-refractivity contribution < 1.29 is 0 Å². The van der Waals surface area contributed by atoms with E-state index in [9.17, 15) is 0 Å². The van der Waals surface area contributed by atoms with Gasteiger partial charge in [0.2, 0.25) is 0 Å². The predicted molar refractivity (Wildman–Crippen MR) is 80.2 cm³/mol. The smallest absolute Gasteiger partial charge is 0.0347 e. The van der Waals surface area contributed by atoms with E-state index < -0.39 is 0 Å². The van der Waals surface area contributed by atoms with Gasteiger partial charge in [0.1, 0.15) is 0 Å². The highest BCUT2D eigenvalue weighted by atomic mass is 15.0. The highest BCUT2D eigenvalue weighted by molar-refractivity contribution is 5.32. The fourth-order valence-electron chi connectivity index (χ4n) is 3.52. The van der Waals surface area contributed by atoms with Gasteiger partial charge in [0.05, 0.1) is 0 Å². The summed E-state index contributed by atoms with van der Waals surface area (Å²) in [6.45, 7) is 1.90. The van der Waals surface area contributed by atoms with Crippen molar-refractivity contribution in [3.05, 3.63) is 35.4 Å². The Kier molecular flexibility index (Phi) is 3.90. The van der Waals surface area contributed by atoms with Gasteiger partial charge in [0.25, 0.3) is 0 Å². The number of hydrogen-bond acceptors (Lipinski definition) is 2. The summed E-state index contributed by atoms with van der Waals surface area (Å²) < 4.78 is 0. The molecule has 2 aliphatic rings. The van der Waals surface area contributed by atoms with Crippen molar-refractivity contribution in [2.24, 2.45) is 11.7 Å². The Morgan fingerprint density at radius 1 is 1.21 bits per heavy atom. The van der Waals surface area contributed by atoms with E-state index in [4.69, 9.17) is 5.73 Å². The number of nitrogens with one attached hydrogen (secondary N) is 1. The highest BCUT2D eigenvalue weighted by Crippen LogP contribution is 2.31. The molecule has 1 saturated carbocycles. The summed E-state index contributed by atoms with van der Waals surface area (Å²) in [4.78, 5) is 0. The normalized spacial score (nSPS) is 26.8. The second-order valence-electron chi connectivity index (χ2n) is 6.44. The molecule has 1 unspecified atom stereocenters. The minimum atomic E-state index is 0.151. The summed E-state index contributed by atoms with van der Waals surface area (Å²) in [6.07, 6.45) is 9.13. The molecule has 1 aromatic carbocycles. The maximum Gasteiger partial charge on any atom is 0.0347 e. The van der Waals surface area contributed by atoms with Crippen LogP contribution in [0.3, 0.4) is 0 Å². The molecular weight excluding hydrogens is 232 g/mol. The Balaban J connectivity index is 1.60. The first-order chi connectivity index (χ1) is 9.31. The van der Waals surface area contributed by atoms with E-state index in [1.165, 1.54) is 49.7 Å². The van der Waals surface area contributed by atoms with E-state index >= 15 is 0 Å². The summed E-state index contributed by atoms with van der Waals surface area (Å²) >= 11 is 0. The first-order valence-electron chi connectivity index (χ1n) is 7.83. The first kappa shape index (κ1) is 13.1. The molecule has 19 heavy (non-hydrogen) atoms. The number of rotatable bonds is 5. The largest absolute Gasteiger partial charge is 0.329 e. The lowest BCUT2D eigenvalue weighted by Crippen LogP contribution is -2.55. The van der Waals surface area contributed by atoms with Gasteiger partial charge in [-0.1, -0.05) is 43.5 Å². The van der Waals surface area contributed by atoms with Gasteiger partial charge < -0.3 is 11.1 Å². The monoisotopic (exact) mass is 258 g/mol. The number of hydrogen-bond donors (Lipinski definition) is 2. The molecule has 0 amide bonds. The summed E-state index contributed by atoms with van der Waals surface area (Å²) in [7, 11) is 0. The second-order valence-corrected chi connectivity index (χ2v) is 6.44. The van der Waals surface area contributed by atoms with Crippen molar-refractivity contribution in [3.63, 3.8) is 0 Å². The molecule has 1 aromatic rings. The van der Waals surface area contributed by atoms with Gasteiger partial charge in [-0.15, -0.1) is 0 Å². The molecular formula is C17H26N2. The second kappa shape index (κ2) is 5.64. The third-order valence-corrected chi connectivity index (χ3v) is 5.19. The molecule has 0 heterocycles. The molecule has 3 N–H and O–H groups in total. The Labute approximate surface area is 116 Å². The fraction of sp³-hybridized carbons (Fsp3) is 0.647. The highest BCUT2D eigenvalue weighted by Gasteiger charge is 2.32. The summed E-state index contributed by atoms with van der Waals surface area (Å²) in [6, 6.07) is 8.84. The summed E-state index contributed by atoms with van der Waals surface area (Å²) in [5.41, 5.74) is 9.26. The molecule has 1 atom stereocenters. The van der Waals surface area contributed by atoms with E-state index in [-0.39, 0.29) is 5.54 Å². The SMILES string of the molecule is NCC1(NCCC2CCC2)CCc2ccccc2C1. The predicted octanol–water partition coefficient (Wildman–Crippen LogP) is 2.65. The molecule has 3 rings (SSSR count). The average molecular weight is 258 g/mol. The van der Waals surface area contributed by atoms with Crippen LogP contribution in [0.2, 0.25) is 0 Å². The van der Waals surface area contributed by atoms with Crippen molar-refractivity contribution in [1.29, 1.82) is 0 Å². The van der Waals surface area contributed by atoms with Crippen LogP contribution in [0.25, 0.3) is 0 Å². The summed E-state index contributed by atoms with van der Waals surface area (Å²) in [5, 5.41) is 3.80. The topological polar surface area (TPSA) is 38.0 Å². The third kappa shape index (κ3) is 2.85. The maximum atomic E-state index is 6.10. The van der Waals surface area contributed by atoms with Crippen LogP contribution in [0.1, 0.15) is 43.2 Å². The molecule has 104 valence electrons. The molecule has 0 saturated heterocycles. The minimum Gasteiger partial charge on any atom is -0.329 e. The van der Waals surface area contributed by atoms with E-state index in [1.54, 1.807) is 0 Å². The Morgan fingerprint density at radius 3 is 2.68 bits per heavy atom. The lowest BCUT2D eigenvalue weighted by molar-refractivity contribution is 0.249. The molecule has 0 aliphatic heterocycles. The van der Waals surface area contributed by atoms with E-state index in [0.717, 1.165) is 25.4 Å². The van der Waals surface area contributed by atoms with Crippen LogP contribution in [0.4, 0.5) is 0 Å². The van der Waals surface area contributed by atoms with Gasteiger partial charge >= 0.3 is 0 Å². The Bertz CT molecular complexity index is 425. The van der Waals surface area contributed by atoms with Crippen LogP contribution >= 0.6 is 0 Å². The quantitative estimate of drug-likeness (QED) is 0.852. The van der Waals surface area contributed by atoms with Crippen LogP contribution in [0.15, 0.2) is 24.3 Å². The molecule has 2 heteroatoms. The number of benzene rings is 1. The van der Waals surface area contributed by atoms with Gasteiger partial charge in [-0.05, 0) is 49.3 Å². The fourth-order valence-corrected chi connectivity index (χ4v) is 3.52. The molecule has 0 aromatic heterocycles. The molecule has 0 bridgehead atoms. The third-order valence-electron chi connectivity index (χ3n) is 5.19. The molecule has 2 aliphatic carbocycles. The van der Waals surface area contributed by atoms with Gasteiger partial charge in [-0.25, -0.2) is 0 Å². The molecule has 2 nitrogen and oxygen atoms in total. The molecule has 0 spiro atoms. The Morgan fingerprint density at radius 2 is 2.00 bits per heavy atom. The van der Waals surface area contributed by atoms with Crippen LogP contribution in [0, 0.1) is 5.92 Å². The van der Waals surface area contributed by atoms with Crippen LogP contribution < -0.4 is 11.1 Å². The van der Waals surface area contributed by atoms with Crippen molar-refractivity contribution in [1.82, 2.24) is 5.32 Å². The standard InChI is InChI=1S/C17H26N2/c18-13-17(19-11-9-14-4-3-5-14)10-8-15-6-1-2-7-16(15)12-17/h1-2,6-7,14,19H,3-5,8-13,18H2. The Hall–Kier alpha value is -0.860. The van der Waals surface area contributed by atoms with Gasteiger partial charge in [-0.2, -0.15) is 0 Å². The van der Waals surface area contributed by atoms with E-state index in [1.807, 2.05) is 0 Å². The average Bonchev–Trinajstić information content (AvgIpc) is 2.41. The number of nitrogens with two attached hydrogens (primary N) is 1. The van der Waals surface area contributed by atoms with E-state index in [0.29, 0.717) is 0 Å². The number of fused-ring (bicyclic) bond motifs is 1. The van der Waals surface area contributed by atoms with Crippen molar-refractivity contribution in [3.8, 4) is 0 Å².